The van der Waals surface area contributed by atoms with Gasteiger partial charge in [-0.15, -0.1) is 0 Å². The third kappa shape index (κ3) is 6.07. The Morgan fingerprint density at radius 2 is 1.78 bits per heavy atom. The number of benzene rings is 2. The van der Waals surface area contributed by atoms with E-state index < -0.39 is 0 Å². The molecule has 0 aliphatic carbocycles. The maximum atomic E-state index is 5.69. The monoisotopic (exact) mass is 440 g/mol. The SMILES string of the molecule is CCOc1c(OC)cc(CNC(=NC)NC2CC(C)N(Cc3ccccc3)C2)cc1OC. The molecule has 2 unspecified atom stereocenters. The van der Waals surface area contributed by atoms with E-state index in [0.29, 0.717) is 42.5 Å². The lowest BCUT2D eigenvalue weighted by molar-refractivity contribution is 0.258. The number of hydrogen-bond acceptors (Lipinski definition) is 5. The Bertz CT molecular complexity index is 863. The number of rotatable bonds is 9. The van der Waals surface area contributed by atoms with Gasteiger partial charge in [0.2, 0.25) is 5.75 Å². The predicted molar refractivity (Wildman–Crippen MR) is 129 cm³/mol. The summed E-state index contributed by atoms with van der Waals surface area (Å²) in [5, 5.41) is 7.00. The molecule has 1 aliphatic rings. The molecule has 1 aliphatic heterocycles. The van der Waals surface area contributed by atoms with Crippen molar-refractivity contribution in [3.63, 3.8) is 0 Å². The zero-order chi connectivity index (χ0) is 22.9. The Labute approximate surface area is 191 Å². The van der Waals surface area contributed by atoms with Crippen LogP contribution in [0.3, 0.4) is 0 Å². The molecule has 0 spiro atoms. The van der Waals surface area contributed by atoms with E-state index in [1.165, 1.54) is 5.56 Å². The molecule has 32 heavy (non-hydrogen) atoms. The Balaban J connectivity index is 1.58. The minimum atomic E-state index is 0.351. The summed E-state index contributed by atoms with van der Waals surface area (Å²) in [6, 6.07) is 15.4. The topological polar surface area (TPSA) is 67.4 Å². The molecule has 1 heterocycles. The first-order chi connectivity index (χ1) is 15.6. The summed E-state index contributed by atoms with van der Waals surface area (Å²) >= 11 is 0. The first-order valence-electron chi connectivity index (χ1n) is 11.2. The van der Waals surface area contributed by atoms with E-state index in [4.69, 9.17) is 14.2 Å². The largest absolute Gasteiger partial charge is 0.493 e. The Hall–Kier alpha value is -2.93. The molecule has 2 atom stereocenters. The lowest BCUT2D eigenvalue weighted by Crippen LogP contribution is -2.44. The molecule has 2 aromatic carbocycles. The van der Waals surface area contributed by atoms with E-state index in [9.17, 15) is 0 Å². The van der Waals surface area contributed by atoms with E-state index in [2.05, 4.69) is 57.8 Å². The standard InChI is InChI=1S/C25H36N4O3/c1-6-32-24-22(30-4)13-20(14-23(24)31-5)15-27-25(26-3)28-21-12-18(2)29(17-21)16-19-10-8-7-9-11-19/h7-11,13-14,18,21H,6,12,15-17H2,1-5H3,(H2,26,27,28). The Morgan fingerprint density at radius 1 is 1.09 bits per heavy atom. The van der Waals surface area contributed by atoms with Crippen LogP contribution in [0, 0.1) is 0 Å². The van der Waals surface area contributed by atoms with E-state index >= 15 is 0 Å². The number of ether oxygens (including phenoxy) is 3. The van der Waals surface area contributed by atoms with Crippen molar-refractivity contribution >= 4 is 5.96 Å². The van der Waals surface area contributed by atoms with Crippen LogP contribution in [0.4, 0.5) is 0 Å². The molecule has 1 saturated heterocycles. The lowest BCUT2D eigenvalue weighted by Gasteiger charge is -2.21. The minimum absolute atomic E-state index is 0.351. The van der Waals surface area contributed by atoms with Gasteiger partial charge >= 0.3 is 0 Å². The van der Waals surface area contributed by atoms with Gasteiger partial charge < -0.3 is 24.8 Å². The van der Waals surface area contributed by atoms with Crippen LogP contribution in [-0.4, -0.2) is 57.4 Å². The van der Waals surface area contributed by atoms with Crippen molar-refractivity contribution in [1.29, 1.82) is 0 Å². The summed E-state index contributed by atoms with van der Waals surface area (Å²) in [6.07, 6.45) is 1.08. The average Bonchev–Trinajstić information content (AvgIpc) is 3.16. The number of nitrogens with one attached hydrogen (secondary N) is 2. The number of likely N-dealkylation sites (tertiary alicyclic amines) is 1. The zero-order valence-electron chi connectivity index (χ0n) is 19.9. The highest BCUT2D eigenvalue weighted by molar-refractivity contribution is 5.80. The van der Waals surface area contributed by atoms with E-state index in [1.807, 2.05) is 19.1 Å². The van der Waals surface area contributed by atoms with Gasteiger partial charge in [0.05, 0.1) is 20.8 Å². The molecule has 0 radical (unpaired) electrons. The molecule has 0 aromatic heterocycles. The van der Waals surface area contributed by atoms with Crippen molar-refractivity contribution in [2.24, 2.45) is 4.99 Å². The third-order valence-electron chi connectivity index (χ3n) is 5.77. The summed E-state index contributed by atoms with van der Waals surface area (Å²) in [6.45, 7) is 7.32. The average molecular weight is 441 g/mol. The maximum absolute atomic E-state index is 5.69. The second kappa shape index (κ2) is 11.6. The quantitative estimate of drug-likeness (QED) is 0.460. The first-order valence-corrected chi connectivity index (χ1v) is 11.2. The Kier molecular flexibility index (Phi) is 8.62. The van der Waals surface area contributed by atoms with Gasteiger partial charge in [-0.1, -0.05) is 30.3 Å². The zero-order valence-corrected chi connectivity index (χ0v) is 19.9. The number of hydrogen-bond donors (Lipinski definition) is 2. The highest BCUT2D eigenvalue weighted by Crippen LogP contribution is 2.38. The van der Waals surface area contributed by atoms with Gasteiger partial charge in [0.25, 0.3) is 0 Å². The van der Waals surface area contributed by atoms with Crippen LogP contribution in [0.25, 0.3) is 0 Å². The summed E-state index contributed by atoms with van der Waals surface area (Å²) in [4.78, 5) is 6.94. The molecular formula is C25H36N4O3. The summed E-state index contributed by atoms with van der Waals surface area (Å²) in [7, 11) is 5.07. The molecule has 3 rings (SSSR count). The molecule has 0 amide bonds. The third-order valence-corrected chi connectivity index (χ3v) is 5.77. The normalized spacial score (nSPS) is 19.0. The van der Waals surface area contributed by atoms with Gasteiger partial charge in [0, 0.05) is 38.8 Å². The smallest absolute Gasteiger partial charge is 0.203 e. The van der Waals surface area contributed by atoms with Crippen molar-refractivity contribution in [1.82, 2.24) is 15.5 Å². The van der Waals surface area contributed by atoms with Gasteiger partial charge in [0.1, 0.15) is 0 Å². The van der Waals surface area contributed by atoms with Crippen molar-refractivity contribution in [3.05, 3.63) is 53.6 Å². The van der Waals surface area contributed by atoms with Crippen LogP contribution in [0.2, 0.25) is 0 Å². The highest BCUT2D eigenvalue weighted by atomic mass is 16.5. The number of aliphatic imine (C=N–C) groups is 1. The molecule has 0 bridgehead atoms. The lowest BCUT2D eigenvalue weighted by atomic mass is 10.1. The van der Waals surface area contributed by atoms with Crippen LogP contribution in [-0.2, 0) is 13.1 Å². The van der Waals surface area contributed by atoms with Crippen LogP contribution >= 0.6 is 0 Å². The number of guanidine groups is 1. The van der Waals surface area contributed by atoms with E-state index in [0.717, 1.165) is 31.0 Å². The number of nitrogens with zero attached hydrogens (tertiary/aromatic N) is 2. The second-order valence-electron chi connectivity index (χ2n) is 8.03. The second-order valence-corrected chi connectivity index (χ2v) is 8.03. The molecule has 1 fully saturated rings. The molecule has 7 nitrogen and oxygen atoms in total. The first kappa shape index (κ1) is 23.7. The molecule has 2 N–H and O–H groups in total. The van der Waals surface area contributed by atoms with Crippen molar-refractivity contribution in [2.45, 2.75) is 45.4 Å². The molecular weight excluding hydrogens is 404 g/mol. The van der Waals surface area contributed by atoms with Crippen LogP contribution < -0.4 is 24.8 Å². The molecule has 0 saturated carbocycles. The van der Waals surface area contributed by atoms with Gasteiger partial charge in [-0.3, -0.25) is 9.89 Å². The van der Waals surface area contributed by atoms with Gasteiger partial charge in [0.15, 0.2) is 17.5 Å². The Morgan fingerprint density at radius 3 is 2.38 bits per heavy atom. The summed E-state index contributed by atoms with van der Waals surface area (Å²) in [5.74, 6) is 2.73. The number of methoxy groups -OCH3 is 2. The van der Waals surface area contributed by atoms with Crippen molar-refractivity contribution in [2.75, 3.05) is 34.4 Å². The fraction of sp³-hybridized carbons (Fsp3) is 0.480. The fourth-order valence-corrected chi connectivity index (χ4v) is 4.14. The summed E-state index contributed by atoms with van der Waals surface area (Å²) in [5.41, 5.74) is 2.37. The van der Waals surface area contributed by atoms with Crippen LogP contribution in [0.1, 0.15) is 31.4 Å². The highest BCUT2D eigenvalue weighted by Gasteiger charge is 2.29. The fourth-order valence-electron chi connectivity index (χ4n) is 4.14. The van der Waals surface area contributed by atoms with E-state index in [1.54, 1.807) is 21.3 Å². The van der Waals surface area contributed by atoms with E-state index in [-0.39, 0.29) is 0 Å². The van der Waals surface area contributed by atoms with Gasteiger partial charge in [-0.25, -0.2) is 0 Å². The van der Waals surface area contributed by atoms with Crippen LogP contribution in [0.15, 0.2) is 47.5 Å². The van der Waals surface area contributed by atoms with Crippen molar-refractivity contribution < 1.29 is 14.2 Å². The molecule has 174 valence electrons. The maximum Gasteiger partial charge on any atom is 0.203 e. The van der Waals surface area contributed by atoms with Gasteiger partial charge in [-0.05, 0) is 43.5 Å². The molecule has 7 heteroatoms. The summed E-state index contributed by atoms with van der Waals surface area (Å²) < 4.78 is 16.7. The minimum Gasteiger partial charge on any atom is -0.493 e. The van der Waals surface area contributed by atoms with Gasteiger partial charge in [-0.2, -0.15) is 0 Å². The molecule has 2 aromatic rings. The van der Waals surface area contributed by atoms with Crippen molar-refractivity contribution in [3.8, 4) is 17.2 Å². The predicted octanol–water partition coefficient (Wildman–Crippen LogP) is 3.43. The van der Waals surface area contributed by atoms with Crippen LogP contribution in [0.5, 0.6) is 17.2 Å².